The molecule has 0 spiro atoms. The number of methoxy groups -OCH3 is 2. The second-order valence-electron chi connectivity index (χ2n) is 16.8. The van der Waals surface area contributed by atoms with Gasteiger partial charge in [0.2, 0.25) is 0 Å². The molecular weight excluding hydrogens is 781 g/mol. The summed E-state index contributed by atoms with van der Waals surface area (Å²) in [5, 5.41) is 2.01. The minimum atomic E-state index is -1.01. The summed E-state index contributed by atoms with van der Waals surface area (Å²) in [5.74, 6) is 3.94. The third-order valence-corrected chi connectivity index (χ3v) is 13.0. The van der Waals surface area contributed by atoms with Gasteiger partial charge in [-0.2, -0.15) is 0 Å². The third-order valence-electron chi connectivity index (χ3n) is 13.0. The van der Waals surface area contributed by atoms with Crippen LogP contribution in [0.1, 0.15) is 41.7 Å². The smallest absolute Gasteiger partial charge is 0.178 e. The fourth-order valence-electron chi connectivity index (χ4n) is 9.80. The van der Waals surface area contributed by atoms with Gasteiger partial charge in [-0.25, -0.2) is 15.0 Å². The van der Waals surface area contributed by atoms with E-state index in [4.69, 9.17) is 33.9 Å². The van der Waals surface area contributed by atoms with Gasteiger partial charge in [0, 0.05) is 63.0 Å². The van der Waals surface area contributed by atoms with Crippen molar-refractivity contribution in [2.75, 3.05) is 45.4 Å². The molecule has 1 atom stereocenters. The molecule has 0 amide bonds. The molecule has 7 aromatic carbocycles. The lowest BCUT2D eigenvalue weighted by atomic mass is 9.76. The van der Waals surface area contributed by atoms with Gasteiger partial charge in [-0.15, -0.1) is 0 Å². The largest absolute Gasteiger partial charge is 0.493 e. The van der Waals surface area contributed by atoms with Crippen LogP contribution in [0.2, 0.25) is 0 Å². The first-order valence-corrected chi connectivity index (χ1v) is 21.5. The molecule has 0 radical (unpaired) electrons. The molecule has 310 valence electrons. The van der Waals surface area contributed by atoms with Gasteiger partial charge in [-0.1, -0.05) is 141 Å². The molecule has 0 saturated carbocycles. The lowest BCUT2D eigenvalue weighted by molar-refractivity contribution is 0.122. The van der Waals surface area contributed by atoms with Crippen LogP contribution in [-0.4, -0.2) is 55.5 Å². The van der Waals surface area contributed by atoms with Crippen molar-refractivity contribution < 1.29 is 18.9 Å². The summed E-state index contributed by atoms with van der Waals surface area (Å²) in [4.78, 5) is 17.3. The molecule has 8 heteroatoms. The number of aromatic nitrogens is 3. The number of nitrogens with zero attached hydrogens (tertiary/aromatic N) is 4. The molecule has 0 N–H and O–H groups in total. The Balaban J connectivity index is 1.10. The predicted octanol–water partition coefficient (Wildman–Crippen LogP) is 11.5. The standard InChI is InChI=1S/C55H46N4O4/c1-54(2)45-18-12-11-17-41(45)48-43-33-46(60-3)47(61-4)34-44(43)50-42(49(48)54)27-28-55(63-50,39-23-25-40(26-24-39)59-29-31-62-32-30-59)38-21-19-37(20-22-38)53-57-51(35-13-7-5-8-14-35)56-52(58-53)36-15-9-6-10-16-36/h5-28,33-34H,29-32H2,1-4H3. The highest BCUT2D eigenvalue weighted by molar-refractivity contribution is 6.09. The highest BCUT2D eigenvalue weighted by Crippen LogP contribution is 2.59. The lowest BCUT2D eigenvalue weighted by Gasteiger charge is -2.39. The van der Waals surface area contributed by atoms with Gasteiger partial charge in [0.05, 0.1) is 27.4 Å². The molecule has 0 bridgehead atoms. The molecule has 8 nitrogen and oxygen atoms in total. The van der Waals surface area contributed by atoms with Gasteiger partial charge in [0.15, 0.2) is 34.6 Å². The van der Waals surface area contributed by atoms with Crippen molar-refractivity contribution >= 4 is 22.5 Å². The van der Waals surface area contributed by atoms with Crippen LogP contribution in [0.15, 0.2) is 152 Å². The van der Waals surface area contributed by atoms with Crippen LogP contribution >= 0.6 is 0 Å². The zero-order valence-electron chi connectivity index (χ0n) is 35.8. The second-order valence-corrected chi connectivity index (χ2v) is 16.8. The number of benzene rings is 7. The minimum Gasteiger partial charge on any atom is -0.493 e. The predicted molar refractivity (Wildman–Crippen MR) is 251 cm³/mol. The average Bonchev–Trinajstić information content (AvgIpc) is 3.60. The van der Waals surface area contributed by atoms with Crippen molar-refractivity contribution in [2.24, 2.45) is 0 Å². The second kappa shape index (κ2) is 15.3. The molecule has 3 aliphatic rings. The molecule has 1 aliphatic carbocycles. The number of rotatable bonds is 8. The Kier molecular flexibility index (Phi) is 9.35. The highest BCUT2D eigenvalue weighted by Gasteiger charge is 2.44. The molecule has 3 heterocycles. The Labute approximate surface area is 367 Å². The molecule has 11 rings (SSSR count). The van der Waals surface area contributed by atoms with Crippen molar-refractivity contribution in [2.45, 2.75) is 24.9 Å². The molecular formula is C55H46N4O4. The quantitative estimate of drug-likeness (QED) is 0.150. The molecule has 1 unspecified atom stereocenters. The van der Waals surface area contributed by atoms with Crippen LogP contribution in [0.4, 0.5) is 5.69 Å². The van der Waals surface area contributed by atoms with E-state index in [9.17, 15) is 0 Å². The van der Waals surface area contributed by atoms with Crippen LogP contribution in [0.5, 0.6) is 17.2 Å². The van der Waals surface area contributed by atoms with Crippen LogP contribution in [0.25, 0.3) is 62.1 Å². The third kappa shape index (κ3) is 6.35. The van der Waals surface area contributed by atoms with Crippen LogP contribution < -0.4 is 19.1 Å². The van der Waals surface area contributed by atoms with E-state index in [-0.39, 0.29) is 5.41 Å². The van der Waals surface area contributed by atoms with Crippen LogP contribution in [0, 0.1) is 0 Å². The zero-order valence-corrected chi connectivity index (χ0v) is 35.8. The van der Waals surface area contributed by atoms with E-state index in [1.807, 2.05) is 60.7 Å². The van der Waals surface area contributed by atoms with Crippen molar-refractivity contribution in [1.82, 2.24) is 15.0 Å². The van der Waals surface area contributed by atoms with Gasteiger partial charge in [-0.3, -0.25) is 0 Å². The van der Waals surface area contributed by atoms with Gasteiger partial charge >= 0.3 is 0 Å². The van der Waals surface area contributed by atoms with Crippen molar-refractivity contribution in [3.05, 3.63) is 179 Å². The summed E-state index contributed by atoms with van der Waals surface area (Å²) < 4.78 is 25.3. The fourth-order valence-corrected chi connectivity index (χ4v) is 9.80. The Morgan fingerprint density at radius 2 is 1.11 bits per heavy atom. The maximum absolute atomic E-state index is 7.72. The van der Waals surface area contributed by atoms with Gasteiger partial charge in [0.25, 0.3) is 0 Å². The average molecular weight is 827 g/mol. The molecule has 63 heavy (non-hydrogen) atoms. The van der Waals surface area contributed by atoms with Gasteiger partial charge in [-0.05, 0) is 58.0 Å². The van der Waals surface area contributed by atoms with E-state index in [0.29, 0.717) is 42.2 Å². The van der Waals surface area contributed by atoms with Crippen molar-refractivity contribution in [3.63, 3.8) is 0 Å². The number of hydrogen-bond donors (Lipinski definition) is 0. The summed E-state index contributed by atoms with van der Waals surface area (Å²) in [6, 6.07) is 50.4. The monoisotopic (exact) mass is 826 g/mol. The van der Waals surface area contributed by atoms with Crippen molar-refractivity contribution in [3.8, 4) is 62.5 Å². The van der Waals surface area contributed by atoms with Crippen molar-refractivity contribution in [1.29, 1.82) is 0 Å². The summed E-state index contributed by atoms with van der Waals surface area (Å²) in [5.41, 5.74) is 10.5. The molecule has 1 aromatic heterocycles. The molecule has 8 aromatic rings. The van der Waals surface area contributed by atoms with Crippen LogP contribution in [-0.2, 0) is 15.8 Å². The van der Waals surface area contributed by atoms with E-state index in [1.54, 1.807) is 14.2 Å². The lowest BCUT2D eigenvalue weighted by Crippen LogP contribution is -2.37. The van der Waals surface area contributed by atoms with E-state index in [1.165, 1.54) is 22.3 Å². The van der Waals surface area contributed by atoms with E-state index in [2.05, 4.69) is 116 Å². The fraction of sp³-hybridized carbons (Fsp3) is 0.182. The van der Waals surface area contributed by atoms with E-state index in [0.717, 1.165) is 68.7 Å². The van der Waals surface area contributed by atoms with Crippen LogP contribution in [0.3, 0.4) is 0 Å². The van der Waals surface area contributed by atoms with E-state index < -0.39 is 5.60 Å². The molecule has 1 fully saturated rings. The normalized spacial score (nSPS) is 17.1. The zero-order chi connectivity index (χ0) is 42.7. The Morgan fingerprint density at radius 1 is 0.587 bits per heavy atom. The minimum absolute atomic E-state index is 0.297. The summed E-state index contributed by atoms with van der Waals surface area (Å²) >= 11 is 0. The van der Waals surface area contributed by atoms with E-state index >= 15 is 0 Å². The van der Waals surface area contributed by atoms with Gasteiger partial charge in [0.1, 0.15) is 5.75 Å². The topological polar surface area (TPSA) is 78.8 Å². The summed E-state index contributed by atoms with van der Waals surface area (Å²) in [6.45, 7) is 7.77. The molecule has 1 saturated heterocycles. The number of fused-ring (bicyclic) bond motifs is 8. The first-order chi connectivity index (χ1) is 30.9. The first-order valence-electron chi connectivity index (χ1n) is 21.5. The molecule has 2 aliphatic heterocycles. The Hall–Kier alpha value is -7.29. The van der Waals surface area contributed by atoms with Gasteiger partial charge < -0.3 is 23.8 Å². The number of anilines is 1. The first kappa shape index (κ1) is 38.6. The summed E-state index contributed by atoms with van der Waals surface area (Å²) in [6.07, 6.45) is 4.53. The maximum Gasteiger partial charge on any atom is 0.178 e. The SMILES string of the molecule is COc1cc2c3c(c4c(c2cc1OC)-c1ccccc1C4(C)C)C=CC(c1ccc(-c2nc(-c4ccccc4)nc(-c4ccccc4)n2)cc1)(c1ccc(N2CCOCC2)cc1)O3. The number of hydrogen-bond acceptors (Lipinski definition) is 8. The Bertz CT molecular complexity index is 3000. The maximum atomic E-state index is 7.72. The number of morpholine rings is 1. The Morgan fingerprint density at radius 3 is 1.70 bits per heavy atom. The summed E-state index contributed by atoms with van der Waals surface area (Å²) in [7, 11) is 3.37. The highest BCUT2D eigenvalue weighted by atomic mass is 16.5. The number of ether oxygens (including phenoxy) is 4.